The van der Waals surface area contributed by atoms with Gasteiger partial charge in [0.05, 0.1) is 18.6 Å². The summed E-state index contributed by atoms with van der Waals surface area (Å²) in [6.45, 7) is 2.70. The Bertz CT molecular complexity index is 499. The fourth-order valence-electron chi connectivity index (χ4n) is 1.74. The lowest BCUT2D eigenvalue weighted by Crippen LogP contribution is -2.19. The molecule has 0 bridgehead atoms. The summed E-state index contributed by atoms with van der Waals surface area (Å²) in [5.41, 5.74) is -3.45. The summed E-state index contributed by atoms with van der Waals surface area (Å²) in [7, 11) is 0. The number of nitrogens with zero attached hydrogens (tertiary/aromatic N) is 1. The summed E-state index contributed by atoms with van der Waals surface area (Å²) in [5, 5.41) is 0. The molecule has 0 N–H and O–H groups in total. The van der Waals surface area contributed by atoms with Crippen LogP contribution in [0.25, 0.3) is 0 Å². The number of ether oxygens (including phenoxy) is 1. The Kier molecular flexibility index (Phi) is 5.02. The van der Waals surface area contributed by atoms with Gasteiger partial charge in [-0.05, 0) is 19.4 Å². The number of alkyl halides is 5. The van der Waals surface area contributed by atoms with Crippen LogP contribution in [0.3, 0.4) is 0 Å². The molecule has 0 aromatic carbocycles. The molecule has 1 aromatic rings. The number of hydrogen-bond acceptors (Lipinski definition) is 3. The zero-order valence-electron chi connectivity index (χ0n) is 10.7. The van der Waals surface area contributed by atoms with Crippen LogP contribution in [0.15, 0.2) is 6.20 Å². The first kappa shape index (κ1) is 16.3. The number of carbonyl (C=O) groups excluding carboxylic acids is 1. The maximum atomic E-state index is 13.0. The number of esters is 1. The smallest absolute Gasteiger partial charge is 0.417 e. The van der Waals surface area contributed by atoms with Gasteiger partial charge < -0.3 is 4.74 Å². The second kappa shape index (κ2) is 6.15. The number of carbonyl (C=O) groups is 1. The van der Waals surface area contributed by atoms with Gasteiger partial charge >= 0.3 is 12.1 Å². The normalized spacial score (nSPS) is 11.8. The average molecular weight is 297 g/mol. The molecule has 0 aliphatic rings. The zero-order chi connectivity index (χ0) is 15.5. The molecule has 0 unspecified atom stereocenters. The van der Waals surface area contributed by atoms with Crippen LogP contribution >= 0.6 is 0 Å². The summed E-state index contributed by atoms with van der Waals surface area (Å²) in [4.78, 5) is 14.8. The molecule has 3 nitrogen and oxygen atoms in total. The third kappa shape index (κ3) is 3.64. The monoisotopic (exact) mass is 297 g/mol. The number of halogens is 5. The topological polar surface area (TPSA) is 39.2 Å². The molecule has 20 heavy (non-hydrogen) atoms. The average Bonchev–Trinajstić information content (AvgIpc) is 2.29. The van der Waals surface area contributed by atoms with E-state index in [9.17, 15) is 26.7 Å². The lowest BCUT2D eigenvalue weighted by atomic mass is 9.98. The molecular formula is C12H12F5NO2. The molecule has 0 amide bonds. The molecule has 112 valence electrons. The highest BCUT2D eigenvalue weighted by Crippen LogP contribution is 2.39. The highest BCUT2D eigenvalue weighted by atomic mass is 19.4. The molecule has 0 fully saturated rings. The van der Waals surface area contributed by atoms with Gasteiger partial charge in [0.15, 0.2) is 0 Å². The van der Waals surface area contributed by atoms with Gasteiger partial charge in [0.25, 0.3) is 6.43 Å². The molecule has 1 heterocycles. The standard InChI is InChI=1S/C12H12F5NO2/c1-3-20-9(19)4-7-6(2)18-5-8(11(13)14)10(7)12(15,16)17/h5,11H,3-4H2,1-2H3. The minimum atomic E-state index is -5.00. The Morgan fingerprint density at radius 2 is 2.00 bits per heavy atom. The van der Waals surface area contributed by atoms with E-state index < -0.39 is 41.7 Å². The highest BCUT2D eigenvalue weighted by Gasteiger charge is 2.39. The van der Waals surface area contributed by atoms with E-state index in [1.54, 1.807) is 0 Å². The van der Waals surface area contributed by atoms with Gasteiger partial charge in [-0.2, -0.15) is 13.2 Å². The molecule has 1 rings (SSSR count). The molecule has 0 aliphatic carbocycles. The number of rotatable bonds is 4. The lowest BCUT2D eigenvalue weighted by Gasteiger charge is -2.18. The van der Waals surface area contributed by atoms with E-state index in [-0.39, 0.29) is 12.3 Å². The first-order valence-electron chi connectivity index (χ1n) is 5.67. The first-order chi connectivity index (χ1) is 9.18. The Hall–Kier alpha value is -1.73. The summed E-state index contributed by atoms with van der Waals surface area (Å²) in [6.07, 6.45) is -8.60. The van der Waals surface area contributed by atoms with Crippen LogP contribution in [0.2, 0.25) is 0 Å². The van der Waals surface area contributed by atoms with Gasteiger partial charge in [-0.3, -0.25) is 9.78 Å². The molecule has 0 atom stereocenters. The van der Waals surface area contributed by atoms with Crippen LogP contribution in [-0.4, -0.2) is 17.6 Å². The van der Waals surface area contributed by atoms with Crippen LogP contribution < -0.4 is 0 Å². The zero-order valence-corrected chi connectivity index (χ0v) is 10.7. The van der Waals surface area contributed by atoms with Crippen molar-refractivity contribution in [1.82, 2.24) is 4.98 Å². The van der Waals surface area contributed by atoms with Crippen molar-refractivity contribution in [3.05, 3.63) is 28.6 Å². The SMILES string of the molecule is CCOC(=O)Cc1c(C)ncc(C(F)F)c1C(F)(F)F. The van der Waals surface area contributed by atoms with E-state index in [0.29, 0.717) is 6.20 Å². The van der Waals surface area contributed by atoms with Crippen molar-refractivity contribution < 1.29 is 31.5 Å². The number of pyridine rings is 1. The van der Waals surface area contributed by atoms with Crippen molar-refractivity contribution in [2.75, 3.05) is 6.61 Å². The molecule has 0 saturated heterocycles. The molecule has 0 saturated carbocycles. The molecule has 0 spiro atoms. The largest absolute Gasteiger partial charge is 0.466 e. The Labute approximate surface area is 111 Å². The van der Waals surface area contributed by atoms with Crippen LogP contribution in [0.4, 0.5) is 22.0 Å². The van der Waals surface area contributed by atoms with Crippen molar-refractivity contribution >= 4 is 5.97 Å². The molecule has 0 radical (unpaired) electrons. The van der Waals surface area contributed by atoms with E-state index in [4.69, 9.17) is 0 Å². The van der Waals surface area contributed by atoms with E-state index >= 15 is 0 Å². The molecule has 8 heteroatoms. The summed E-state index contributed by atoms with van der Waals surface area (Å²) >= 11 is 0. The van der Waals surface area contributed by atoms with Crippen LogP contribution in [-0.2, 0) is 22.1 Å². The maximum absolute atomic E-state index is 13.0. The predicted molar refractivity (Wildman–Crippen MR) is 59.3 cm³/mol. The second-order valence-electron chi connectivity index (χ2n) is 3.93. The number of aromatic nitrogens is 1. The summed E-state index contributed by atoms with van der Waals surface area (Å²) < 4.78 is 68.9. The fraction of sp³-hybridized carbons (Fsp3) is 0.500. The quantitative estimate of drug-likeness (QED) is 0.631. The molecular weight excluding hydrogens is 285 g/mol. The third-order valence-corrected chi connectivity index (χ3v) is 2.57. The third-order valence-electron chi connectivity index (χ3n) is 2.57. The van der Waals surface area contributed by atoms with Gasteiger partial charge in [-0.25, -0.2) is 8.78 Å². The van der Waals surface area contributed by atoms with Gasteiger partial charge in [0.2, 0.25) is 0 Å². The van der Waals surface area contributed by atoms with Gasteiger partial charge in [0, 0.05) is 17.5 Å². The summed E-state index contributed by atoms with van der Waals surface area (Å²) in [6, 6.07) is 0. The minimum Gasteiger partial charge on any atom is -0.466 e. The van der Waals surface area contributed by atoms with Crippen LogP contribution in [0.1, 0.15) is 35.7 Å². The molecule has 1 aromatic heterocycles. The van der Waals surface area contributed by atoms with E-state index in [0.717, 1.165) is 0 Å². The Balaban J connectivity index is 3.40. The minimum absolute atomic E-state index is 0.0127. The highest BCUT2D eigenvalue weighted by molar-refractivity contribution is 5.73. The van der Waals surface area contributed by atoms with E-state index in [1.807, 2.05) is 0 Å². The van der Waals surface area contributed by atoms with Crippen LogP contribution in [0.5, 0.6) is 0 Å². The Morgan fingerprint density at radius 1 is 1.40 bits per heavy atom. The van der Waals surface area contributed by atoms with Gasteiger partial charge in [-0.1, -0.05) is 0 Å². The van der Waals surface area contributed by atoms with Crippen molar-refractivity contribution in [3.8, 4) is 0 Å². The number of aryl methyl sites for hydroxylation is 1. The van der Waals surface area contributed by atoms with E-state index in [1.165, 1.54) is 13.8 Å². The predicted octanol–water partition coefficient (Wildman–Crippen LogP) is 3.45. The van der Waals surface area contributed by atoms with E-state index in [2.05, 4.69) is 9.72 Å². The molecule has 0 aliphatic heterocycles. The van der Waals surface area contributed by atoms with Gasteiger partial charge in [-0.15, -0.1) is 0 Å². The first-order valence-corrected chi connectivity index (χ1v) is 5.67. The van der Waals surface area contributed by atoms with Crippen molar-refractivity contribution in [2.24, 2.45) is 0 Å². The summed E-state index contributed by atoms with van der Waals surface area (Å²) in [5.74, 6) is -0.922. The van der Waals surface area contributed by atoms with Gasteiger partial charge in [0.1, 0.15) is 0 Å². The lowest BCUT2D eigenvalue weighted by molar-refractivity contribution is -0.144. The van der Waals surface area contributed by atoms with Crippen molar-refractivity contribution in [2.45, 2.75) is 32.9 Å². The van der Waals surface area contributed by atoms with Crippen molar-refractivity contribution in [1.29, 1.82) is 0 Å². The Morgan fingerprint density at radius 3 is 2.45 bits per heavy atom. The fourth-order valence-corrected chi connectivity index (χ4v) is 1.74. The number of hydrogen-bond donors (Lipinski definition) is 0. The second-order valence-corrected chi connectivity index (χ2v) is 3.93. The van der Waals surface area contributed by atoms with Crippen LogP contribution in [0, 0.1) is 6.92 Å². The van der Waals surface area contributed by atoms with Crippen molar-refractivity contribution in [3.63, 3.8) is 0 Å². The maximum Gasteiger partial charge on any atom is 0.417 e.